The van der Waals surface area contributed by atoms with Gasteiger partial charge in [0, 0.05) is 5.69 Å². The third-order valence-corrected chi connectivity index (χ3v) is 5.64. The number of benzene rings is 1. The van der Waals surface area contributed by atoms with Crippen molar-refractivity contribution in [1.82, 2.24) is 10.6 Å². The van der Waals surface area contributed by atoms with Crippen LogP contribution in [0.1, 0.15) is 46.5 Å². The summed E-state index contributed by atoms with van der Waals surface area (Å²) in [5, 5.41) is 6.75. The Bertz CT molecular complexity index is 551. The average Bonchev–Trinajstić information content (AvgIpc) is 2.86. The number of nitrogens with zero attached hydrogens (tertiary/aromatic N) is 1. The third-order valence-electron chi connectivity index (χ3n) is 5.64. The van der Waals surface area contributed by atoms with Crippen molar-refractivity contribution >= 4 is 11.6 Å². The van der Waals surface area contributed by atoms with Gasteiger partial charge in [0.2, 0.25) is 5.91 Å². The molecule has 0 aliphatic carbocycles. The van der Waals surface area contributed by atoms with Crippen LogP contribution in [0.25, 0.3) is 0 Å². The molecule has 132 valence electrons. The van der Waals surface area contributed by atoms with E-state index in [0.717, 1.165) is 32.4 Å². The molecule has 2 fully saturated rings. The molecular formula is C20H31N3O. The highest BCUT2D eigenvalue weighted by Crippen LogP contribution is 2.39. The van der Waals surface area contributed by atoms with Crippen molar-refractivity contribution in [3.63, 3.8) is 0 Å². The summed E-state index contributed by atoms with van der Waals surface area (Å²) in [4.78, 5) is 15.4. The number of anilines is 1. The van der Waals surface area contributed by atoms with Gasteiger partial charge in [-0.05, 0) is 56.3 Å². The van der Waals surface area contributed by atoms with E-state index in [1.54, 1.807) is 0 Å². The summed E-state index contributed by atoms with van der Waals surface area (Å²) in [5.74, 6) is 1.35. The number of hydrogen-bond acceptors (Lipinski definition) is 3. The third kappa shape index (κ3) is 3.16. The van der Waals surface area contributed by atoms with Gasteiger partial charge in [0.05, 0.1) is 0 Å². The van der Waals surface area contributed by atoms with Gasteiger partial charge in [-0.3, -0.25) is 4.79 Å². The zero-order valence-electron chi connectivity index (χ0n) is 15.2. The minimum atomic E-state index is -0.386. The molecule has 1 aromatic carbocycles. The van der Waals surface area contributed by atoms with E-state index in [4.69, 9.17) is 0 Å². The van der Waals surface area contributed by atoms with Crippen molar-refractivity contribution in [2.24, 2.45) is 11.8 Å². The fraction of sp³-hybridized carbons (Fsp3) is 0.650. The molecule has 2 aliphatic rings. The number of nitrogens with one attached hydrogen (secondary N) is 2. The maximum Gasteiger partial charge on any atom is 0.247 e. The number of rotatable bonds is 5. The number of para-hydroxylation sites is 1. The Balaban J connectivity index is 1.91. The van der Waals surface area contributed by atoms with Crippen LogP contribution in [0.4, 0.5) is 5.69 Å². The lowest BCUT2D eigenvalue weighted by Gasteiger charge is -2.43. The highest BCUT2D eigenvalue weighted by Gasteiger charge is 2.54. The lowest BCUT2D eigenvalue weighted by molar-refractivity contribution is -0.124. The van der Waals surface area contributed by atoms with Crippen LogP contribution in [0.15, 0.2) is 30.3 Å². The summed E-state index contributed by atoms with van der Waals surface area (Å²) in [5.41, 5.74) is 0.780. The van der Waals surface area contributed by atoms with Crippen LogP contribution < -0.4 is 15.5 Å². The molecule has 1 spiro atoms. The predicted molar refractivity (Wildman–Crippen MR) is 98.9 cm³/mol. The largest absolute Gasteiger partial charge is 0.336 e. The molecule has 2 unspecified atom stereocenters. The number of carbonyl (C=O) groups excluding carboxylic acids is 1. The quantitative estimate of drug-likeness (QED) is 0.872. The Hall–Kier alpha value is -1.55. The van der Waals surface area contributed by atoms with Gasteiger partial charge in [0.1, 0.15) is 11.7 Å². The van der Waals surface area contributed by atoms with E-state index in [1.165, 1.54) is 12.1 Å². The Morgan fingerprint density at radius 2 is 1.79 bits per heavy atom. The molecule has 1 amide bonds. The Morgan fingerprint density at radius 1 is 1.12 bits per heavy atom. The lowest BCUT2D eigenvalue weighted by Crippen LogP contribution is -2.57. The van der Waals surface area contributed by atoms with Gasteiger partial charge in [0.25, 0.3) is 0 Å². The Labute approximate surface area is 146 Å². The second-order valence-corrected chi connectivity index (χ2v) is 7.85. The first kappa shape index (κ1) is 17.3. The summed E-state index contributed by atoms with van der Waals surface area (Å²) >= 11 is 0. The van der Waals surface area contributed by atoms with Crippen LogP contribution in [-0.2, 0) is 4.79 Å². The molecule has 0 saturated carbocycles. The molecular weight excluding hydrogens is 298 g/mol. The topological polar surface area (TPSA) is 44.4 Å². The molecule has 2 atom stereocenters. The van der Waals surface area contributed by atoms with Crippen molar-refractivity contribution in [3.8, 4) is 0 Å². The molecule has 0 bridgehead atoms. The van der Waals surface area contributed by atoms with Crippen molar-refractivity contribution in [3.05, 3.63) is 30.3 Å². The first-order valence-corrected chi connectivity index (χ1v) is 9.40. The fourth-order valence-corrected chi connectivity index (χ4v) is 4.16. The minimum absolute atomic E-state index is 0.0942. The molecule has 0 aromatic heterocycles. The summed E-state index contributed by atoms with van der Waals surface area (Å²) in [6, 6.07) is 10.5. The molecule has 4 nitrogen and oxygen atoms in total. The second-order valence-electron chi connectivity index (χ2n) is 7.85. The number of amides is 1. The Morgan fingerprint density at radius 3 is 2.42 bits per heavy atom. The molecule has 1 aromatic rings. The van der Waals surface area contributed by atoms with Crippen LogP contribution in [0.2, 0.25) is 0 Å². The number of carbonyl (C=O) groups is 1. The van der Waals surface area contributed by atoms with Crippen LogP contribution in [0, 0.1) is 11.8 Å². The van der Waals surface area contributed by atoms with Crippen molar-refractivity contribution in [1.29, 1.82) is 0 Å². The van der Waals surface area contributed by atoms with Crippen molar-refractivity contribution in [2.45, 2.75) is 58.2 Å². The second kappa shape index (κ2) is 7.14. The summed E-state index contributed by atoms with van der Waals surface area (Å²) in [6.07, 6.45) is 4.18. The maximum absolute atomic E-state index is 13.0. The lowest BCUT2D eigenvalue weighted by atomic mass is 9.85. The van der Waals surface area contributed by atoms with Gasteiger partial charge in [-0.1, -0.05) is 45.4 Å². The predicted octanol–water partition coefficient (Wildman–Crippen LogP) is 3.14. The first-order valence-electron chi connectivity index (χ1n) is 9.40. The molecule has 0 radical (unpaired) electrons. The van der Waals surface area contributed by atoms with E-state index in [-0.39, 0.29) is 17.6 Å². The van der Waals surface area contributed by atoms with Crippen LogP contribution in [-0.4, -0.2) is 30.7 Å². The monoisotopic (exact) mass is 329 g/mol. The number of piperidine rings is 1. The van der Waals surface area contributed by atoms with Gasteiger partial charge in [-0.25, -0.2) is 0 Å². The van der Waals surface area contributed by atoms with E-state index in [9.17, 15) is 4.79 Å². The normalized spacial score (nSPS) is 24.4. The Kier molecular flexibility index (Phi) is 5.14. The summed E-state index contributed by atoms with van der Waals surface area (Å²) < 4.78 is 0. The molecule has 2 aliphatic heterocycles. The van der Waals surface area contributed by atoms with Crippen molar-refractivity contribution in [2.75, 3.05) is 18.0 Å². The highest BCUT2D eigenvalue weighted by atomic mass is 16.2. The minimum Gasteiger partial charge on any atom is -0.336 e. The van der Waals surface area contributed by atoms with E-state index >= 15 is 0 Å². The van der Waals surface area contributed by atoms with Crippen LogP contribution in [0.3, 0.4) is 0 Å². The number of hydrogen-bond donors (Lipinski definition) is 2. The van der Waals surface area contributed by atoms with E-state index in [1.807, 2.05) is 6.07 Å². The molecule has 2 heterocycles. The standard InChI is InChI=1S/C20H31N3O/c1-15(2)9-10-16(3)18-22-19(24)20(11-13-21-14-12-20)23(18)17-7-5-4-6-8-17/h4-8,15-16,18,21H,9-14H2,1-3H3,(H,22,24). The SMILES string of the molecule is CC(C)CCC(C)C1NC(=O)C2(CCNCC2)N1c1ccccc1. The van der Waals surface area contributed by atoms with Gasteiger partial charge in [-0.15, -0.1) is 0 Å². The molecule has 2 N–H and O–H groups in total. The fourth-order valence-electron chi connectivity index (χ4n) is 4.16. The van der Waals surface area contributed by atoms with Gasteiger partial charge >= 0.3 is 0 Å². The zero-order chi connectivity index (χ0) is 17.2. The van der Waals surface area contributed by atoms with Gasteiger partial charge in [0.15, 0.2) is 0 Å². The molecule has 24 heavy (non-hydrogen) atoms. The first-order chi connectivity index (χ1) is 11.5. The van der Waals surface area contributed by atoms with E-state index in [2.05, 4.69) is 60.6 Å². The maximum atomic E-state index is 13.0. The van der Waals surface area contributed by atoms with Gasteiger partial charge in [-0.2, -0.15) is 0 Å². The van der Waals surface area contributed by atoms with E-state index < -0.39 is 0 Å². The molecule has 4 heteroatoms. The zero-order valence-corrected chi connectivity index (χ0v) is 15.2. The smallest absolute Gasteiger partial charge is 0.247 e. The van der Waals surface area contributed by atoms with Crippen LogP contribution >= 0.6 is 0 Å². The molecule has 3 rings (SSSR count). The van der Waals surface area contributed by atoms with Gasteiger partial charge < -0.3 is 15.5 Å². The van der Waals surface area contributed by atoms with Crippen LogP contribution in [0.5, 0.6) is 0 Å². The average molecular weight is 329 g/mol. The highest BCUT2D eigenvalue weighted by molar-refractivity contribution is 5.94. The van der Waals surface area contributed by atoms with E-state index in [0.29, 0.717) is 11.8 Å². The molecule has 2 saturated heterocycles. The summed E-state index contributed by atoms with van der Waals surface area (Å²) in [6.45, 7) is 8.63. The van der Waals surface area contributed by atoms with Crippen molar-refractivity contribution < 1.29 is 4.79 Å². The summed E-state index contributed by atoms with van der Waals surface area (Å²) in [7, 11) is 0.